The lowest BCUT2D eigenvalue weighted by molar-refractivity contribution is 0.612. The van der Waals surface area contributed by atoms with E-state index >= 15 is 0 Å². The fraction of sp³-hybridized carbons (Fsp3) is 0.111. The minimum Gasteiger partial charge on any atom is -0.0836 e. The minimum atomic E-state index is 0.0450. The third kappa shape index (κ3) is 3.99. The highest BCUT2D eigenvalue weighted by atomic mass is 14.4. The SMILES string of the molecule is CC1(C)C2=CC=CCC2c2ccc(-c3cccc(-c4c5ccccc5c(-c5ccc6ccccc6c5)c5ccccc45)c3)cc21. The van der Waals surface area contributed by atoms with E-state index in [1.54, 1.807) is 5.57 Å². The van der Waals surface area contributed by atoms with Gasteiger partial charge in [0.15, 0.2) is 0 Å². The fourth-order valence-corrected chi connectivity index (χ4v) is 8.25. The number of fused-ring (bicyclic) bond motifs is 6. The van der Waals surface area contributed by atoms with Crippen LogP contribution in [0.3, 0.4) is 0 Å². The van der Waals surface area contributed by atoms with Gasteiger partial charge in [-0.25, -0.2) is 0 Å². The van der Waals surface area contributed by atoms with Crippen LogP contribution in [0.5, 0.6) is 0 Å². The van der Waals surface area contributed by atoms with Crippen molar-refractivity contribution in [3.63, 3.8) is 0 Å². The molecule has 0 saturated heterocycles. The van der Waals surface area contributed by atoms with Crippen molar-refractivity contribution in [3.05, 3.63) is 168 Å². The first-order chi connectivity index (χ1) is 22.1. The van der Waals surface area contributed by atoms with Gasteiger partial charge in [0.1, 0.15) is 0 Å². The van der Waals surface area contributed by atoms with Crippen molar-refractivity contribution in [3.8, 4) is 33.4 Å². The molecule has 0 heterocycles. The van der Waals surface area contributed by atoms with Crippen LogP contribution in [0.15, 0.2) is 157 Å². The maximum atomic E-state index is 2.46. The van der Waals surface area contributed by atoms with Crippen molar-refractivity contribution in [2.75, 3.05) is 0 Å². The van der Waals surface area contributed by atoms with E-state index in [2.05, 4.69) is 166 Å². The molecule has 0 nitrogen and oxygen atoms in total. The topological polar surface area (TPSA) is 0 Å². The van der Waals surface area contributed by atoms with Crippen LogP contribution in [0.2, 0.25) is 0 Å². The molecule has 0 spiro atoms. The second-order valence-corrected chi connectivity index (χ2v) is 13.2. The average Bonchev–Trinajstić information content (AvgIpc) is 3.32. The molecule has 0 heteroatoms. The standard InChI is InChI=1S/C45H34/c1-45(2)41-21-10-9-16-35(41)36-25-24-32(28-42(36)45)31-14-11-15-33(27-31)43-37-17-5-7-19-39(37)44(40-20-8-6-18-38(40)43)34-23-22-29-12-3-4-13-30(29)26-34/h3-15,17-28,35H,16H2,1-2H3. The van der Waals surface area contributed by atoms with Crippen LogP contribution in [0.4, 0.5) is 0 Å². The van der Waals surface area contributed by atoms with Gasteiger partial charge in [-0.05, 0) is 101 Å². The summed E-state index contributed by atoms with van der Waals surface area (Å²) >= 11 is 0. The molecule has 0 aliphatic heterocycles. The maximum Gasteiger partial charge on any atom is 0.0118 e. The lowest BCUT2D eigenvalue weighted by Gasteiger charge is -2.25. The second kappa shape index (κ2) is 9.91. The monoisotopic (exact) mass is 574 g/mol. The molecule has 7 aromatic rings. The van der Waals surface area contributed by atoms with Gasteiger partial charge in [0.05, 0.1) is 0 Å². The summed E-state index contributed by atoms with van der Waals surface area (Å²) in [7, 11) is 0. The van der Waals surface area contributed by atoms with Crippen LogP contribution >= 0.6 is 0 Å². The molecule has 2 aliphatic rings. The second-order valence-electron chi connectivity index (χ2n) is 13.2. The Morgan fingerprint density at radius 3 is 1.80 bits per heavy atom. The summed E-state index contributed by atoms with van der Waals surface area (Å²) in [6.07, 6.45) is 8.01. The van der Waals surface area contributed by atoms with Crippen molar-refractivity contribution >= 4 is 32.3 Å². The van der Waals surface area contributed by atoms with E-state index in [0.29, 0.717) is 5.92 Å². The van der Waals surface area contributed by atoms with Crippen LogP contribution in [0.1, 0.15) is 37.3 Å². The van der Waals surface area contributed by atoms with E-state index in [-0.39, 0.29) is 5.41 Å². The number of benzene rings is 7. The van der Waals surface area contributed by atoms with Gasteiger partial charge in [-0.15, -0.1) is 0 Å². The molecule has 45 heavy (non-hydrogen) atoms. The Morgan fingerprint density at radius 1 is 0.511 bits per heavy atom. The number of rotatable bonds is 3. The van der Waals surface area contributed by atoms with Crippen LogP contribution in [0, 0.1) is 0 Å². The molecule has 0 amide bonds. The van der Waals surface area contributed by atoms with Crippen LogP contribution in [0.25, 0.3) is 65.7 Å². The quantitative estimate of drug-likeness (QED) is 0.184. The highest BCUT2D eigenvalue weighted by Crippen LogP contribution is 2.53. The van der Waals surface area contributed by atoms with Gasteiger partial charge >= 0.3 is 0 Å². The Labute approximate surface area is 265 Å². The van der Waals surface area contributed by atoms with Crippen LogP contribution in [-0.2, 0) is 5.41 Å². The number of hydrogen-bond donors (Lipinski definition) is 0. The molecule has 0 radical (unpaired) electrons. The molecule has 9 rings (SSSR count). The zero-order chi connectivity index (χ0) is 30.1. The lowest BCUT2D eigenvalue weighted by Crippen LogP contribution is -2.17. The summed E-state index contributed by atoms with van der Waals surface area (Å²) < 4.78 is 0. The Bertz CT molecular complexity index is 2320. The first-order valence-electron chi connectivity index (χ1n) is 16.1. The van der Waals surface area contributed by atoms with E-state index in [1.165, 1.54) is 76.8 Å². The Kier molecular flexibility index (Phi) is 5.77. The fourth-order valence-electron chi connectivity index (χ4n) is 8.25. The Hall–Kier alpha value is -5.20. The summed E-state index contributed by atoms with van der Waals surface area (Å²) in [5, 5.41) is 7.69. The Morgan fingerprint density at radius 2 is 1.09 bits per heavy atom. The summed E-state index contributed by atoms with van der Waals surface area (Å²) in [6.45, 7) is 4.79. The third-order valence-electron chi connectivity index (χ3n) is 10.4. The molecule has 0 bridgehead atoms. The zero-order valence-electron chi connectivity index (χ0n) is 25.7. The summed E-state index contributed by atoms with van der Waals surface area (Å²) in [5.41, 5.74) is 12.2. The molecular formula is C45H34. The highest BCUT2D eigenvalue weighted by Gasteiger charge is 2.41. The van der Waals surface area contributed by atoms with E-state index in [9.17, 15) is 0 Å². The smallest absolute Gasteiger partial charge is 0.0118 e. The van der Waals surface area contributed by atoms with E-state index < -0.39 is 0 Å². The van der Waals surface area contributed by atoms with Gasteiger partial charge in [0.2, 0.25) is 0 Å². The third-order valence-corrected chi connectivity index (χ3v) is 10.4. The van der Waals surface area contributed by atoms with Gasteiger partial charge in [-0.2, -0.15) is 0 Å². The molecule has 0 aromatic heterocycles. The number of hydrogen-bond acceptors (Lipinski definition) is 0. The first-order valence-corrected chi connectivity index (χ1v) is 16.1. The normalized spacial score (nSPS) is 16.6. The van der Waals surface area contributed by atoms with Crippen molar-refractivity contribution in [2.45, 2.75) is 31.6 Å². The lowest BCUT2D eigenvalue weighted by atomic mass is 9.78. The van der Waals surface area contributed by atoms with Crippen molar-refractivity contribution in [1.82, 2.24) is 0 Å². The number of allylic oxidation sites excluding steroid dienone is 4. The van der Waals surface area contributed by atoms with E-state index in [0.717, 1.165) is 6.42 Å². The largest absolute Gasteiger partial charge is 0.0836 e. The van der Waals surface area contributed by atoms with E-state index in [1.807, 2.05) is 0 Å². The molecule has 7 aromatic carbocycles. The molecule has 2 aliphatic carbocycles. The van der Waals surface area contributed by atoms with Crippen LogP contribution < -0.4 is 0 Å². The highest BCUT2D eigenvalue weighted by molar-refractivity contribution is 6.21. The van der Waals surface area contributed by atoms with Gasteiger partial charge < -0.3 is 0 Å². The molecule has 0 N–H and O–H groups in total. The van der Waals surface area contributed by atoms with Crippen molar-refractivity contribution < 1.29 is 0 Å². The minimum absolute atomic E-state index is 0.0450. The van der Waals surface area contributed by atoms with E-state index in [4.69, 9.17) is 0 Å². The van der Waals surface area contributed by atoms with Gasteiger partial charge in [0, 0.05) is 11.3 Å². The molecule has 214 valence electrons. The molecule has 0 saturated carbocycles. The summed E-state index contributed by atoms with van der Waals surface area (Å²) in [6, 6.07) is 49.8. The van der Waals surface area contributed by atoms with Gasteiger partial charge in [-0.1, -0.05) is 153 Å². The van der Waals surface area contributed by atoms with Gasteiger partial charge in [-0.3, -0.25) is 0 Å². The predicted molar refractivity (Wildman–Crippen MR) is 193 cm³/mol. The van der Waals surface area contributed by atoms with Crippen molar-refractivity contribution in [2.24, 2.45) is 0 Å². The molecule has 1 unspecified atom stereocenters. The average molecular weight is 575 g/mol. The predicted octanol–water partition coefficient (Wildman–Crippen LogP) is 12.4. The zero-order valence-corrected chi connectivity index (χ0v) is 25.7. The van der Waals surface area contributed by atoms with Gasteiger partial charge in [0.25, 0.3) is 0 Å². The van der Waals surface area contributed by atoms with Crippen molar-refractivity contribution in [1.29, 1.82) is 0 Å². The molecule has 1 atom stereocenters. The maximum absolute atomic E-state index is 2.46. The first kappa shape index (κ1) is 26.2. The molecular weight excluding hydrogens is 540 g/mol. The summed E-state index contributed by atoms with van der Waals surface area (Å²) in [5.74, 6) is 0.513. The van der Waals surface area contributed by atoms with Crippen LogP contribution in [-0.4, -0.2) is 0 Å². The summed E-state index contributed by atoms with van der Waals surface area (Å²) in [4.78, 5) is 0. The molecule has 0 fully saturated rings. The Balaban J connectivity index is 1.24.